The van der Waals surface area contributed by atoms with Crippen molar-refractivity contribution < 1.29 is 24.0 Å². The lowest BCUT2D eigenvalue weighted by atomic mass is 9.70. The summed E-state index contributed by atoms with van der Waals surface area (Å²) >= 11 is 0. The van der Waals surface area contributed by atoms with Crippen LogP contribution in [-0.4, -0.2) is 96.2 Å². The Bertz CT molecular complexity index is 1820. The Kier molecular flexibility index (Phi) is 15.3. The molecule has 4 atom stereocenters. The first kappa shape index (κ1) is 43.0. The van der Waals surface area contributed by atoms with E-state index in [9.17, 15) is 24.0 Å². The van der Waals surface area contributed by atoms with Gasteiger partial charge in [0.15, 0.2) is 5.78 Å². The number of nitrogens with one attached hydrogen (secondary N) is 3. The maximum atomic E-state index is 14.3. The lowest BCUT2D eigenvalue weighted by molar-refractivity contribution is -0.140. The van der Waals surface area contributed by atoms with Crippen molar-refractivity contribution in [1.82, 2.24) is 30.7 Å². The number of carbonyl (C=O) groups excluding carboxylic acids is 5. The van der Waals surface area contributed by atoms with Crippen LogP contribution in [0.3, 0.4) is 0 Å². The summed E-state index contributed by atoms with van der Waals surface area (Å²) in [5.41, 5.74) is 14.7. The van der Waals surface area contributed by atoms with Crippen LogP contribution in [0.15, 0.2) is 79.0 Å². The molecule has 1 unspecified atom stereocenters. The van der Waals surface area contributed by atoms with E-state index in [2.05, 4.69) is 20.9 Å². The number of carbonyl (C=O) groups is 5. The Hall–Kier alpha value is -5.14. The largest absolute Gasteiger partial charge is 0.350 e. The highest BCUT2D eigenvalue weighted by Gasteiger charge is 2.44. The number of hydrogen-bond donors (Lipinski definition) is 5. The number of likely N-dealkylation sites (N-methyl/N-ethyl adjacent to an activating group) is 1. The first-order chi connectivity index (χ1) is 27.5. The highest BCUT2D eigenvalue weighted by atomic mass is 16.2. The van der Waals surface area contributed by atoms with Crippen LogP contribution >= 0.6 is 0 Å². The molecule has 1 fully saturated rings. The molecule has 306 valence electrons. The minimum absolute atomic E-state index is 0.0285. The summed E-state index contributed by atoms with van der Waals surface area (Å²) in [7, 11) is 1.65. The van der Waals surface area contributed by atoms with Gasteiger partial charge in [-0.25, -0.2) is 4.79 Å². The number of nitrogens with zero attached hydrogens (tertiary/aromatic N) is 3. The smallest absolute Gasteiger partial charge is 0.318 e. The number of nitrogens with two attached hydrogens (primary N) is 2. The first-order valence-electron chi connectivity index (χ1n) is 20.3. The van der Waals surface area contributed by atoms with E-state index in [-0.39, 0.29) is 48.3 Å². The van der Waals surface area contributed by atoms with Crippen molar-refractivity contribution in [3.8, 4) is 0 Å². The van der Waals surface area contributed by atoms with Crippen LogP contribution in [0.1, 0.15) is 92.0 Å². The van der Waals surface area contributed by atoms with Gasteiger partial charge in [0.2, 0.25) is 11.8 Å². The molecule has 0 aliphatic carbocycles. The fourth-order valence-electron chi connectivity index (χ4n) is 8.19. The molecule has 1 spiro atoms. The van der Waals surface area contributed by atoms with Crippen LogP contribution in [-0.2, 0) is 26.2 Å². The third-order valence-electron chi connectivity index (χ3n) is 11.5. The van der Waals surface area contributed by atoms with E-state index < -0.39 is 36.0 Å². The predicted molar refractivity (Wildman–Crippen MR) is 220 cm³/mol. The van der Waals surface area contributed by atoms with Crippen LogP contribution in [0.4, 0.5) is 4.79 Å². The van der Waals surface area contributed by atoms with Crippen LogP contribution < -0.4 is 27.4 Å². The molecule has 5 amide bonds. The van der Waals surface area contributed by atoms with E-state index in [1.54, 1.807) is 13.2 Å². The molecule has 1 aromatic heterocycles. The van der Waals surface area contributed by atoms with Gasteiger partial charge in [-0.15, -0.1) is 0 Å². The fraction of sp³-hybridized carbons (Fsp3) is 0.500. The van der Waals surface area contributed by atoms with E-state index in [4.69, 9.17) is 11.5 Å². The van der Waals surface area contributed by atoms with Gasteiger partial charge in [0, 0.05) is 63.6 Å². The second-order valence-corrected chi connectivity index (χ2v) is 16.0. The number of fused-ring (bicyclic) bond motifs is 2. The minimum atomic E-state index is -0.994. The topological polar surface area (TPSA) is 193 Å². The van der Waals surface area contributed by atoms with E-state index in [0.29, 0.717) is 64.0 Å². The number of amides is 5. The van der Waals surface area contributed by atoms with E-state index in [0.717, 1.165) is 23.1 Å². The number of unbranched alkanes of at least 4 members (excludes halogenated alkanes) is 1. The monoisotopic (exact) mass is 780 g/mol. The Balaban J connectivity index is 1.30. The Morgan fingerprint density at radius 3 is 2.25 bits per heavy atom. The number of likely N-dealkylation sites (tertiary alicyclic amines) is 1. The van der Waals surface area contributed by atoms with Crippen molar-refractivity contribution in [2.24, 2.45) is 23.3 Å². The molecule has 2 aliphatic rings. The lowest BCUT2D eigenvalue weighted by Gasteiger charge is -2.45. The van der Waals surface area contributed by atoms with E-state index >= 15 is 0 Å². The number of aromatic nitrogens is 1. The second kappa shape index (κ2) is 20.3. The molecule has 2 aromatic carbocycles. The Morgan fingerprint density at radius 2 is 1.60 bits per heavy atom. The first-order valence-corrected chi connectivity index (χ1v) is 20.3. The number of pyridine rings is 1. The van der Waals surface area contributed by atoms with Gasteiger partial charge < -0.3 is 37.2 Å². The van der Waals surface area contributed by atoms with E-state index in [1.807, 2.05) is 91.5 Å². The highest BCUT2D eigenvalue weighted by Crippen LogP contribution is 2.39. The summed E-state index contributed by atoms with van der Waals surface area (Å²) in [6.07, 6.45) is 5.40. The SMILES string of the molecule is CC(C)C[C@@H](NC(=O)[C@@H](Cc1ccccc1)NC(=O)N(C)C(CN)c1ccccc1)C(=O)C[C@H](CCCCN)C(=O)N1CCC2(CC1)CNC(=O)c1ncccc12. The summed E-state index contributed by atoms with van der Waals surface area (Å²) in [6.45, 7) is 6.09. The van der Waals surface area contributed by atoms with Crippen LogP contribution in [0, 0.1) is 11.8 Å². The van der Waals surface area contributed by atoms with Gasteiger partial charge in [0.05, 0.1) is 12.1 Å². The Labute approximate surface area is 336 Å². The quantitative estimate of drug-likeness (QED) is 0.120. The van der Waals surface area contributed by atoms with E-state index in [1.165, 1.54) is 4.90 Å². The zero-order valence-electron chi connectivity index (χ0n) is 33.6. The van der Waals surface area contributed by atoms with Crippen molar-refractivity contribution in [2.45, 2.75) is 88.8 Å². The molecule has 2 aliphatic heterocycles. The fourth-order valence-corrected chi connectivity index (χ4v) is 8.19. The Morgan fingerprint density at radius 1 is 0.912 bits per heavy atom. The summed E-state index contributed by atoms with van der Waals surface area (Å²) in [4.78, 5) is 76.7. The van der Waals surface area contributed by atoms with Crippen LogP contribution in [0.2, 0.25) is 0 Å². The molecule has 0 bridgehead atoms. The number of benzene rings is 2. The lowest BCUT2D eigenvalue weighted by Crippen LogP contribution is -2.56. The molecule has 0 radical (unpaired) electrons. The molecule has 13 nitrogen and oxygen atoms in total. The zero-order valence-corrected chi connectivity index (χ0v) is 33.6. The van der Waals surface area contributed by atoms with Crippen molar-refractivity contribution in [2.75, 3.05) is 39.8 Å². The number of urea groups is 1. The number of hydrogen-bond acceptors (Lipinski definition) is 8. The van der Waals surface area contributed by atoms with Gasteiger partial charge in [0.25, 0.3) is 5.91 Å². The number of Topliss-reactive ketones (excluding diaryl/α,β-unsaturated/α-hetero) is 1. The van der Waals surface area contributed by atoms with Gasteiger partial charge >= 0.3 is 6.03 Å². The van der Waals surface area contributed by atoms with Gasteiger partial charge in [-0.05, 0) is 67.3 Å². The molecule has 57 heavy (non-hydrogen) atoms. The summed E-state index contributed by atoms with van der Waals surface area (Å²) in [5.74, 6) is -1.49. The summed E-state index contributed by atoms with van der Waals surface area (Å²) in [6, 6.07) is 19.9. The van der Waals surface area contributed by atoms with Gasteiger partial charge in [-0.1, -0.05) is 87.0 Å². The third kappa shape index (κ3) is 11.0. The number of ketones is 1. The number of piperidine rings is 1. The van der Waals surface area contributed by atoms with Gasteiger partial charge in [-0.2, -0.15) is 0 Å². The van der Waals surface area contributed by atoms with Crippen molar-refractivity contribution >= 4 is 29.5 Å². The normalized spacial score (nSPS) is 16.8. The van der Waals surface area contributed by atoms with Crippen molar-refractivity contribution in [3.05, 3.63) is 101 Å². The summed E-state index contributed by atoms with van der Waals surface area (Å²) in [5, 5.41) is 8.92. The molecule has 5 rings (SSSR count). The standard InChI is InChI=1S/C44H60N8O5/c1-30(2)25-35(49-40(54)36(26-31-13-6-4-7-14-31)50-43(57)51(3)37(28-46)32-15-8-5-9-16-32)38(53)27-33(17-10-11-21-45)42(56)52-23-19-44(20-24-52)29-48-41(55)39-34(44)18-12-22-47-39/h4-9,12-16,18,22,30,33,35-37H,10-11,17,19-21,23-29,45-46H2,1-3H3,(H,48,55)(H,49,54)(H,50,57)/t33-,35+,36+,37?/m0/s1. The molecule has 0 saturated carbocycles. The molecular weight excluding hydrogens is 721 g/mol. The molecule has 3 aromatic rings. The third-order valence-corrected chi connectivity index (χ3v) is 11.5. The van der Waals surface area contributed by atoms with Crippen LogP contribution in [0.25, 0.3) is 0 Å². The van der Waals surface area contributed by atoms with Gasteiger partial charge in [-0.3, -0.25) is 24.2 Å². The van der Waals surface area contributed by atoms with Crippen LogP contribution in [0.5, 0.6) is 0 Å². The van der Waals surface area contributed by atoms with Crippen molar-refractivity contribution in [1.29, 1.82) is 0 Å². The highest BCUT2D eigenvalue weighted by molar-refractivity contribution is 5.96. The molecular formula is C44H60N8O5. The molecule has 13 heteroatoms. The zero-order chi connectivity index (χ0) is 41.0. The molecule has 7 N–H and O–H groups in total. The predicted octanol–water partition coefficient (Wildman–Crippen LogP) is 3.87. The molecule has 1 saturated heterocycles. The maximum Gasteiger partial charge on any atom is 0.318 e. The molecule has 3 heterocycles. The minimum Gasteiger partial charge on any atom is -0.350 e. The number of rotatable bonds is 18. The van der Waals surface area contributed by atoms with Crippen molar-refractivity contribution in [3.63, 3.8) is 0 Å². The van der Waals surface area contributed by atoms with Gasteiger partial charge in [0.1, 0.15) is 11.7 Å². The maximum absolute atomic E-state index is 14.3. The average molecular weight is 781 g/mol. The summed E-state index contributed by atoms with van der Waals surface area (Å²) < 4.78 is 0. The average Bonchev–Trinajstić information content (AvgIpc) is 3.22. The second-order valence-electron chi connectivity index (χ2n) is 16.0.